The number of carbonyl (C=O) groups excluding carboxylic acids is 1. The lowest BCUT2D eigenvalue weighted by molar-refractivity contribution is -0.144. The van der Waals surface area contributed by atoms with Gasteiger partial charge in [-0.1, -0.05) is 0 Å². The second-order valence-electron chi connectivity index (χ2n) is 7.11. The minimum absolute atomic E-state index is 0.120. The second kappa shape index (κ2) is 9.87. The lowest BCUT2D eigenvalue weighted by Gasteiger charge is -2.29. The van der Waals surface area contributed by atoms with E-state index in [2.05, 4.69) is 26.2 Å². The monoisotopic (exact) mass is 450 g/mol. The van der Waals surface area contributed by atoms with Gasteiger partial charge in [-0.15, -0.1) is 0 Å². The Balaban J connectivity index is 1.80. The van der Waals surface area contributed by atoms with Crippen LogP contribution in [0.1, 0.15) is 63.3 Å². The maximum Gasteiger partial charge on any atom is 0.417 e. The Morgan fingerprint density at radius 3 is 2.52 bits per heavy atom. The SMILES string of the molecule is CCOC(=O)CC1CCC(CNC(C)c2ncc(C(F)(F)F)cc2Br)CC1. The third-order valence-corrected chi connectivity index (χ3v) is 5.68. The van der Waals surface area contributed by atoms with Crippen molar-refractivity contribution in [3.8, 4) is 0 Å². The summed E-state index contributed by atoms with van der Waals surface area (Å²) >= 11 is 3.20. The average molecular weight is 451 g/mol. The van der Waals surface area contributed by atoms with Crippen LogP contribution < -0.4 is 5.32 Å². The number of nitrogens with one attached hydrogen (secondary N) is 1. The van der Waals surface area contributed by atoms with Gasteiger partial charge in [0.25, 0.3) is 0 Å². The molecule has 1 unspecified atom stereocenters. The Morgan fingerprint density at radius 2 is 1.96 bits per heavy atom. The quantitative estimate of drug-likeness (QED) is 0.574. The van der Waals surface area contributed by atoms with E-state index in [0.29, 0.717) is 35.0 Å². The molecule has 0 bridgehead atoms. The molecule has 0 radical (unpaired) electrons. The third-order valence-electron chi connectivity index (χ3n) is 5.05. The minimum Gasteiger partial charge on any atom is -0.466 e. The van der Waals surface area contributed by atoms with Gasteiger partial charge in [-0.25, -0.2) is 0 Å². The molecular weight excluding hydrogens is 425 g/mol. The van der Waals surface area contributed by atoms with Crippen LogP contribution in [-0.4, -0.2) is 24.1 Å². The van der Waals surface area contributed by atoms with Crippen molar-refractivity contribution in [2.24, 2.45) is 11.8 Å². The smallest absolute Gasteiger partial charge is 0.417 e. The van der Waals surface area contributed by atoms with Gasteiger partial charge in [0.2, 0.25) is 0 Å². The Kier molecular flexibility index (Phi) is 8.09. The van der Waals surface area contributed by atoms with Crippen LogP contribution in [0.2, 0.25) is 0 Å². The fourth-order valence-electron chi connectivity index (χ4n) is 3.46. The zero-order valence-electron chi connectivity index (χ0n) is 15.6. The van der Waals surface area contributed by atoms with Gasteiger partial charge in [0, 0.05) is 23.1 Å². The van der Waals surface area contributed by atoms with Crippen molar-refractivity contribution >= 4 is 21.9 Å². The Morgan fingerprint density at radius 1 is 1.33 bits per heavy atom. The molecule has 1 aliphatic rings. The number of carbonyl (C=O) groups is 1. The minimum atomic E-state index is -4.40. The third kappa shape index (κ3) is 6.75. The first kappa shape index (κ1) is 22.1. The number of rotatable bonds is 7. The van der Waals surface area contributed by atoms with E-state index in [0.717, 1.165) is 44.5 Å². The molecule has 1 atom stereocenters. The fraction of sp³-hybridized carbons (Fsp3) is 0.684. The molecule has 0 spiro atoms. The van der Waals surface area contributed by atoms with Crippen LogP contribution in [0.15, 0.2) is 16.7 Å². The topological polar surface area (TPSA) is 51.2 Å². The Bertz CT molecular complexity index is 632. The summed E-state index contributed by atoms with van der Waals surface area (Å²) in [7, 11) is 0. The molecule has 0 aliphatic heterocycles. The highest BCUT2D eigenvalue weighted by molar-refractivity contribution is 9.10. The summed E-state index contributed by atoms with van der Waals surface area (Å²) in [5, 5.41) is 3.38. The highest BCUT2D eigenvalue weighted by atomic mass is 79.9. The molecule has 0 aromatic carbocycles. The van der Waals surface area contributed by atoms with E-state index in [-0.39, 0.29) is 12.0 Å². The Labute approximate surface area is 166 Å². The number of halogens is 4. The maximum absolute atomic E-state index is 12.7. The molecule has 0 amide bonds. The van der Waals surface area contributed by atoms with Crippen molar-refractivity contribution in [3.05, 3.63) is 28.0 Å². The summed E-state index contributed by atoms with van der Waals surface area (Å²) in [6.07, 6.45) is 1.04. The van der Waals surface area contributed by atoms with Gasteiger partial charge in [0.05, 0.1) is 17.9 Å². The van der Waals surface area contributed by atoms with Crippen molar-refractivity contribution in [1.29, 1.82) is 0 Å². The molecule has 1 aliphatic carbocycles. The molecule has 1 aromatic rings. The lowest BCUT2D eigenvalue weighted by Crippen LogP contribution is -2.29. The number of ether oxygens (including phenoxy) is 1. The van der Waals surface area contributed by atoms with Gasteiger partial charge in [-0.3, -0.25) is 9.78 Å². The lowest BCUT2D eigenvalue weighted by atomic mass is 9.80. The number of pyridine rings is 1. The maximum atomic E-state index is 12.7. The molecule has 2 rings (SSSR count). The molecule has 27 heavy (non-hydrogen) atoms. The van der Waals surface area contributed by atoms with Crippen LogP contribution in [0.3, 0.4) is 0 Å². The first-order valence-electron chi connectivity index (χ1n) is 9.32. The Hall–Kier alpha value is -1.15. The number of hydrogen-bond acceptors (Lipinski definition) is 4. The van der Waals surface area contributed by atoms with Crippen molar-refractivity contribution < 1.29 is 22.7 Å². The number of alkyl halides is 3. The number of aromatic nitrogens is 1. The van der Waals surface area contributed by atoms with Gasteiger partial charge in [0.15, 0.2) is 0 Å². The van der Waals surface area contributed by atoms with Crippen LogP contribution in [-0.2, 0) is 15.7 Å². The van der Waals surface area contributed by atoms with Crippen LogP contribution >= 0.6 is 15.9 Å². The van der Waals surface area contributed by atoms with Crippen molar-refractivity contribution in [2.45, 2.75) is 58.2 Å². The molecule has 1 aromatic heterocycles. The van der Waals surface area contributed by atoms with Crippen molar-refractivity contribution in [2.75, 3.05) is 13.2 Å². The van der Waals surface area contributed by atoms with Gasteiger partial charge in [-0.2, -0.15) is 13.2 Å². The molecule has 1 saturated carbocycles. The predicted molar refractivity (Wildman–Crippen MR) is 100 cm³/mol. The number of esters is 1. The molecule has 1 N–H and O–H groups in total. The fourth-order valence-corrected chi connectivity index (χ4v) is 4.15. The molecule has 0 saturated heterocycles. The zero-order chi connectivity index (χ0) is 20.0. The van der Waals surface area contributed by atoms with Gasteiger partial charge in [-0.05, 0) is 79.9 Å². The highest BCUT2D eigenvalue weighted by Gasteiger charge is 2.32. The average Bonchev–Trinajstić information content (AvgIpc) is 2.60. The standard InChI is InChI=1S/C19H26BrF3N2O2/c1-3-27-17(26)8-13-4-6-14(7-5-13)10-24-12(2)18-16(20)9-15(11-25-18)19(21,22)23/h9,11-14,24H,3-8,10H2,1-2H3. The number of nitrogens with zero attached hydrogens (tertiary/aromatic N) is 1. The predicted octanol–water partition coefficient (Wildman–Crippen LogP) is 5.27. The zero-order valence-corrected chi connectivity index (χ0v) is 17.2. The van der Waals surface area contributed by atoms with Crippen molar-refractivity contribution in [3.63, 3.8) is 0 Å². The summed E-state index contributed by atoms with van der Waals surface area (Å²) in [6.45, 7) is 4.91. The summed E-state index contributed by atoms with van der Waals surface area (Å²) in [5.74, 6) is 0.772. The highest BCUT2D eigenvalue weighted by Crippen LogP contribution is 2.33. The van der Waals surface area contributed by atoms with Crippen LogP contribution in [0.5, 0.6) is 0 Å². The first-order valence-corrected chi connectivity index (χ1v) is 10.1. The van der Waals surface area contributed by atoms with E-state index in [4.69, 9.17) is 4.74 Å². The molecule has 4 nitrogen and oxygen atoms in total. The van der Waals surface area contributed by atoms with Gasteiger partial charge >= 0.3 is 12.1 Å². The van der Waals surface area contributed by atoms with E-state index in [1.54, 1.807) is 0 Å². The normalized spacial score (nSPS) is 21.7. The van der Waals surface area contributed by atoms with Gasteiger partial charge < -0.3 is 10.1 Å². The largest absolute Gasteiger partial charge is 0.466 e. The molecule has 8 heteroatoms. The first-order chi connectivity index (χ1) is 12.7. The molecule has 1 fully saturated rings. The molecule has 1 heterocycles. The molecular formula is C19H26BrF3N2O2. The van der Waals surface area contributed by atoms with E-state index >= 15 is 0 Å². The van der Waals surface area contributed by atoms with Gasteiger partial charge in [0.1, 0.15) is 0 Å². The van der Waals surface area contributed by atoms with Crippen LogP contribution in [0.25, 0.3) is 0 Å². The molecule has 152 valence electrons. The van der Waals surface area contributed by atoms with Crippen LogP contribution in [0, 0.1) is 11.8 Å². The second-order valence-corrected chi connectivity index (χ2v) is 7.97. The van der Waals surface area contributed by atoms with Crippen molar-refractivity contribution in [1.82, 2.24) is 10.3 Å². The van der Waals surface area contributed by atoms with E-state index < -0.39 is 11.7 Å². The van der Waals surface area contributed by atoms with E-state index in [1.165, 1.54) is 0 Å². The van der Waals surface area contributed by atoms with E-state index in [9.17, 15) is 18.0 Å². The van der Waals surface area contributed by atoms with Crippen LogP contribution in [0.4, 0.5) is 13.2 Å². The summed E-state index contributed by atoms with van der Waals surface area (Å²) in [4.78, 5) is 15.6. The summed E-state index contributed by atoms with van der Waals surface area (Å²) in [5.41, 5.74) is -0.191. The summed E-state index contributed by atoms with van der Waals surface area (Å²) < 4.78 is 43.6. The summed E-state index contributed by atoms with van der Waals surface area (Å²) in [6, 6.07) is 0.917. The number of hydrogen-bond donors (Lipinski definition) is 1. The van der Waals surface area contributed by atoms with E-state index in [1.807, 2.05) is 13.8 Å².